The van der Waals surface area contributed by atoms with Crippen molar-refractivity contribution in [3.63, 3.8) is 0 Å². The zero-order valence-electron chi connectivity index (χ0n) is 12.4. The lowest BCUT2D eigenvalue weighted by Crippen LogP contribution is -2.47. The summed E-state index contributed by atoms with van der Waals surface area (Å²) in [6.07, 6.45) is 5.29. The van der Waals surface area contributed by atoms with E-state index in [1.54, 1.807) is 18.1 Å². The van der Waals surface area contributed by atoms with Crippen molar-refractivity contribution in [3.8, 4) is 0 Å². The van der Waals surface area contributed by atoms with Crippen LogP contribution in [0.1, 0.15) is 17.2 Å². The van der Waals surface area contributed by atoms with Crippen LogP contribution >= 0.6 is 0 Å². The van der Waals surface area contributed by atoms with Crippen LogP contribution in [0.15, 0.2) is 58.4 Å². The lowest BCUT2D eigenvalue weighted by molar-refractivity contribution is -0.115. The van der Waals surface area contributed by atoms with Crippen molar-refractivity contribution in [1.82, 2.24) is 10.2 Å². The van der Waals surface area contributed by atoms with Crippen molar-refractivity contribution in [2.75, 3.05) is 7.05 Å². The number of hydrogen-bond acceptors (Lipinski definition) is 4. The van der Waals surface area contributed by atoms with E-state index in [0.29, 0.717) is 17.4 Å². The Morgan fingerprint density at radius 2 is 2.09 bits per heavy atom. The van der Waals surface area contributed by atoms with Gasteiger partial charge in [0, 0.05) is 19.4 Å². The molecule has 0 aromatic heterocycles. The first kappa shape index (κ1) is 14.1. The maximum atomic E-state index is 11.5. The van der Waals surface area contributed by atoms with Crippen molar-refractivity contribution in [2.45, 2.75) is 13.0 Å². The van der Waals surface area contributed by atoms with E-state index in [4.69, 9.17) is 10.7 Å². The van der Waals surface area contributed by atoms with Crippen LogP contribution in [0.25, 0.3) is 0 Å². The highest BCUT2D eigenvalue weighted by Crippen LogP contribution is 2.26. The van der Waals surface area contributed by atoms with Gasteiger partial charge >= 0.3 is 0 Å². The van der Waals surface area contributed by atoms with Crippen molar-refractivity contribution < 1.29 is 4.79 Å². The second kappa shape index (κ2) is 5.48. The van der Waals surface area contributed by atoms with Crippen LogP contribution in [-0.2, 0) is 4.79 Å². The van der Waals surface area contributed by atoms with Crippen LogP contribution in [0, 0.1) is 6.92 Å². The van der Waals surface area contributed by atoms with Crippen LogP contribution in [0.2, 0.25) is 0 Å². The zero-order chi connectivity index (χ0) is 15.7. The molecule has 1 aromatic rings. The summed E-state index contributed by atoms with van der Waals surface area (Å²) in [6, 6.07) is 8.09. The summed E-state index contributed by atoms with van der Waals surface area (Å²) in [5.41, 5.74) is 8.03. The molecule has 0 fully saturated rings. The van der Waals surface area contributed by atoms with Crippen LogP contribution in [0.3, 0.4) is 0 Å². The first-order chi connectivity index (χ1) is 10.6. The lowest BCUT2D eigenvalue weighted by atomic mass is 10.0. The van der Waals surface area contributed by atoms with Crippen LogP contribution < -0.4 is 11.1 Å². The number of aliphatic imine (C=N–C) groups is 2. The molecule has 6 nitrogen and oxygen atoms in total. The normalized spacial score (nSPS) is 21.8. The Hall–Kier alpha value is -2.89. The number of primary amides is 1. The van der Waals surface area contributed by atoms with Gasteiger partial charge in [0.05, 0.1) is 6.04 Å². The van der Waals surface area contributed by atoms with Gasteiger partial charge in [0.25, 0.3) is 5.91 Å². The molecule has 2 aliphatic rings. The van der Waals surface area contributed by atoms with E-state index < -0.39 is 5.91 Å². The number of benzene rings is 1. The standard InChI is InChI=1S/C16H17N5O/c1-10-3-5-11(6-4-10)12-7-8-21-13(14(17)22)9-19-15(18-2)16(21)20-12/h3-9,12H,1-2H3,(H2,17,22)(H,18,19). The number of amides is 1. The number of nitrogens with one attached hydrogen (secondary N) is 1. The Balaban J connectivity index is 2.00. The van der Waals surface area contributed by atoms with Gasteiger partial charge in [0.2, 0.25) is 0 Å². The monoisotopic (exact) mass is 295 g/mol. The molecule has 2 aliphatic heterocycles. The Kier molecular flexibility index (Phi) is 3.50. The number of aryl methyl sites for hydroxylation is 1. The van der Waals surface area contributed by atoms with Crippen molar-refractivity contribution >= 4 is 17.6 Å². The summed E-state index contributed by atoms with van der Waals surface area (Å²) in [5, 5.41) is 2.96. The first-order valence-electron chi connectivity index (χ1n) is 6.95. The van der Waals surface area contributed by atoms with Gasteiger partial charge in [-0.1, -0.05) is 29.8 Å². The Bertz CT molecular complexity index is 727. The topological polar surface area (TPSA) is 83.1 Å². The van der Waals surface area contributed by atoms with E-state index in [1.807, 2.05) is 31.3 Å². The van der Waals surface area contributed by atoms with E-state index >= 15 is 0 Å². The second-order valence-electron chi connectivity index (χ2n) is 5.13. The fourth-order valence-electron chi connectivity index (χ4n) is 2.42. The number of nitrogens with zero attached hydrogens (tertiary/aromatic N) is 3. The molecule has 0 saturated carbocycles. The molecule has 22 heavy (non-hydrogen) atoms. The van der Waals surface area contributed by atoms with E-state index in [2.05, 4.69) is 22.4 Å². The minimum atomic E-state index is -0.520. The molecular weight excluding hydrogens is 278 g/mol. The van der Waals surface area contributed by atoms with Gasteiger partial charge < -0.3 is 11.1 Å². The predicted octanol–water partition coefficient (Wildman–Crippen LogP) is 1.22. The number of hydrogen-bond donors (Lipinski definition) is 2. The van der Waals surface area contributed by atoms with Gasteiger partial charge in [-0.3, -0.25) is 19.7 Å². The maximum Gasteiger partial charge on any atom is 0.267 e. The van der Waals surface area contributed by atoms with Gasteiger partial charge in [-0.15, -0.1) is 0 Å². The largest absolute Gasteiger partial charge is 0.364 e. The van der Waals surface area contributed by atoms with E-state index in [-0.39, 0.29) is 6.04 Å². The molecule has 1 aromatic carbocycles. The molecule has 1 amide bonds. The number of fused-ring (bicyclic) bond motifs is 1. The van der Waals surface area contributed by atoms with Crippen LogP contribution in [0.5, 0.6) is 0 Å². The number of nitrogens with two attached hydrogens (primary N) is 1. The molecule has 1 atom stereocenters. The minimum absolute atomic E-state index is 0.113. The summed E-state index contributed by atoms with van der Waals surface area (Å²) in [5.74, 6) is 0.673. The third-order valence-corrected chi connectivity index (χ3v) is 3.62. The van der Waals surface area contributed by atoms with Gasteiger partial charge in [0.15, 0.2) is 11.7 Å². The van der Waals surface area contributed by atoms with Gasteiger partial charge in [-0.05, 0) is 18.6 Å². The summed E-state index contributed by atoms with van der Waals surface area (Å²) in [4.78, 5) is 22.1. The molecule has 3 N–H and O–H groups in total. The Morgan fingerprint density at radius 3 is 2.73 bits per heavy atom. The van der Waals surface area contributed by atoms with Crippen molar-refractivity contribution in [3.05, 3.63) is 59.6 Å². The molecule has 1 unspecified atom stereocenters. The maximum absolute atomic E-state index is 11.5. The quantitative estimate of drug-likeness (QED) is 0.860. The minimum Gasteiger partial charge on any atom is -0.364 e. The smallest absolute Gasteiger partial charge is 0.267 e. The molecule has 0 radical (unpaired) electrons. The first-order valence-corrected chi connectivity index (χ1v) is 6.95. The van der Waals surface area contributed by atoms with Crippen molar-refractivity contribution in [2.24, 2.45) is 15.7 Å². The molecule has 3 rings (SSSR count). The zero-order valence-corrected chi connectivity index (χ0v) is 12.4. The molecule has 0 spiro atoms. The van der Waals surface area contributed by atoms with Gasteiger partial charge in [-0.2, -0.15) is 0 Å². The van der Waals surface area contributed by atoms with Crippen LogP contribution in [-0.4, -0.2) is 29.5 Å². The third kappa shape index (κ3) is 2.39. The highest BCUT2D eigenvalue weighted by molar-refractivity contribution is 6.42. The number of carbonyl (C=O) groups excluding carboxylic acids is 1. The lowest BCUT2D eigenvalue weighted by Gasteiger charge is -2.32. The molecular formula is C16H17N5O. The predicted molar refractivity (Wildman–Crippen MR) is 86.1 cm³/mol. The number of amidine groups is 2. The molecule has 112 valence electrons. The van der Waals surface area contributed by atoms with Crippen molar-refractivity contribution in [1.29, 1.82) is 0 Å². The average Bonchev–Trinajstić information content (AvgIpc) is 2.53. The van der Waals surface area contributed by atoms with E-state index in [0.717, 1.165) is 5.56 Å². The Morgan fingerprint density at radius 1 is 1.36 bits per heavy atom. The van der Waals surface area contributed by atoms with Gasteiger partial charge in [0.1, 0.15) is 5.70 Å². The third-order valence-electron chi connectivity index (χ3n) is 3.62. The van der Waals surface area contributed by atoms with Gasteiger partial charge in [-0.25, -0.2) is 0 Å². The van der Waals surface area contributed by atoms with Crippen LogP contribution in [0.4, 0.5) is 0 Å². The fourth-order valence-corrected chi connectivity index (χ4v) is 2.42. The number of carbonyl (C=O) groups is 1. The number of rotatable bonds is 2. The van der Waals surface area contributed by atoms with E-state index in [9.17, 15) is 4.79 Å². The molecule has 0 aliphatic carbocycles. The fraction of sp³-hybridized carbons (Fsp3) is 0.188. The molecule has 6 heteroatoms. The molecule has 0 bridgehead atoms. The summed E-state index contributed by atoms with van der Waals surface area (Å²) in [7, 11) is 1.67. The summed E-state index contributed by atoms with van der Waals surface area (Å²) < 4.78 is 0. The Labute approximate surface area is 128 Å². The average molecular weight is 295 g/mol. The highest BCUT2D eigenvalue weighted by Gasteiger charge is 2.29. The summed E-state index contributed by atoms with van der Waals surface area (Å²) in [6.45, 7) is 2.05. The molecule has 2 heterocycles. The van der Waals surface area contributed by atoms with E-state index in [1.165, 1.54) is 5.56 Å². The SMILES string of the molecule is CN=C1NC=C(C(N)=O)N2C=CC(c3ccc(C)cc3)N=C12. The molecule has 0 saturated heterocycles. The highest BCUT2D eigenvalue weighted by atomic mass is 16.1. The summed E-state index contributed by atoms with van der Waals surface area (Å²) >= 11 is 0. The second-order valence-corrected chi connectivity index (χ2v) is 5.13.